The second-order valence-corrected chi connectivity index (χ2v) is 6.99. The molecule has 0 bridgehead atoms. The molecule has 1 aliphatic rings. The molecule has 0 fully saturated rings. The smallest absolute Gasteiger partial charge is 0.296 e. The zero-order valence-corrected chi connectivity index (χ0v) is 15.4. The molecule has 0 saturated heterocycles. The Kier molecular flexibility index (Phi) is 4.58. The fourth-order valence-electron chi connectivity index (χ4n) is 3.09. The van der Waals surface area contributed by atoms with Crippen molar-refractivity contribution in [1.29, 1.82) is 0 Å². The van der Waals surface area contributed by atoms with Crippen LogP contribution in [-0.2, 0) is 23.4 Å². The lowest BCUT2D eigenvalue weighted by Crippen LogP contribution is -2.42. The number of benzene rings is 1. The first-order valence-electron chi connectivity index (χ1n) is 8.54. The summed E-state index contributed by atoms with van der Waals surface area (Å²) in [5.74, 6) is -0.890. The van der Waals surface area contributed by atoms with Gasteiger partial charge in [-0.1, -0.05) is 18.2 Å². The van der Waals surface area contributed by atoms with Crippen molar-refractivity contribution < 1.29 is 14.6 Å². The van der Waals surface area contributed by atoms with Crippen LogP contribution in [0, 0.1) is 13.8 Å². The fraction of sp³-hybridized carbons (Fsp3) is 0.421. The first-order chi connectivity index (χ1) is 12.2. The molecule has 0 spiro atoms. The molecule has 2 heterocycles. The number of aryl methyl sites for hydroxylation is 1. The van der Waals surface area contributed by atoms with E-state index in [1.807, 2.05) is 32.0 Å². The lowest BCUT2D eigenvalue weighted by atomic mass is 10.0. The number of amides is 1. The van der Waals surface area contributed by atoms with Gasteiger partial charge in [0.2, 0.25) is 5.75 Å². The maximum absolute atomic E-state index is 12.6. The van der Waals surface area contributed by atoms with Crippen LogP contribution in [-0.4, -0.2) is 27.2 Å². The Balaban J connectivity index is 1.92. The summed E-state index contributed by atoms with van der Waals surface area (Å²) in [6, 6.07) is 5.85. The summed E-state index contributed by atoms with van der Waals surface area (Å²) in [6.45, 7) is 8.46. The summed E-state index contributed by atoms with van der Waals surface area (Å²) in [7, 11) is 0. The zero-order chi connectivity index (χ0) is 19.1. The third-order valence-corrected chi connectivity index (χ3v) is 4.83. The van der Waals surface area contributed by atoms with Crippen molar-refractivity contribution in [3.63, 3.8) is 0 Å². The highest BCUT2D eigenvalue weighted by molar-refractivity contribution is 5.94. The summed E-state index contributed by atoms with van der Waals surface area (Å²) in [5.41, 5.74) is 1.48. The number of carbonyl (C=O) groups excluding carboxylic acids is 1. The maximum atomic E-state index is 12.6. The lowest BCUT2D eigenvalue weighted by molar-refractivity contribution is -0.0566. The number of nitrogens with one attached hydrogen (secondary N) is 1. The third-order valence-electron chi connectivity index (χ3n) is 4.83. The van der Waals surface area contributed by atoms with Crippen LogP contribution in [0.25, 0.3) is 0 Å². The van der Waals surface area contributed by atoms with Crippen LogP contribution in [0.3, 0.4) is 0 Å². The van der Waals surface area contributed by atoms with E-state index in [-0.39, 0.29) is 12.2 Å². The Morgan fingerprint density at radius 2 is 2.12 bits per heavy atom. The predicted octanol–water partition coefficient (Wildman–Crippen LogP) is 1.76. The molecule has 3 rings (SSSR count). The fourth-order valence-corrected chi connectivity index (χ4v) is 3.09. The number of fused-ring (bicyclic) bond motifs is 1. The number of rotatable bonds is 3. The van der Waals surface area contributed by atoms with Gasteiger partial charge in [-0.05, 0) is 44.4 Å². The second kappa shape index (κ2) is 6.57. The Hall–Kier alpha value is -2.67. The minimum absolute atomic E-state index is 0.273. The van der Waals surface area contributed by atoms with Crippen molar-refractivity contribution in [1.82, 2.24) is 14.9 Å². The van der Waals surface area contributed by atoms with Crippen LogP contribution in [0.15, 0.2) is 23.0 Å². The van der Waals surface area contributed by atoms with Gasteiger partial charge in [-0.15, -0.1) is 0 Å². The molecular formula is C19H23N3O4. The molecule has 7 nitrogen and oxygen atoms in total. The molecular weight excluding hydrogens is 334 g/mol. The lowest BCUT2D eigenvalue weighted by Gasteiger charge is -2.32. The summed E-state index contributed by atoms with van der Waals surface area (Å²) >= 11 is 0. The van der Waals surface area contributed by atoms with Gasteiger partial charge in [0.05, 0.1) is 13.2 Å². The molecule has 1 aromatic heterocycles. The van der Waals surface area contributed by atoms with Gasteiger partial charge in [0.25, 0.3) is 11.5 Å². The average Bonchev–Trinajstić information content (AvgIpc) is 2.59. The summed E-state index contributed by atoms with van der Waals surface area (Å²) in [4.78, 5) is 29.3. The van der Waals surface area contributed by atoms with Gasteiger partial charge < -0.3 is 15.2 Å². The van der Waals surface area contributed by atoms with E-state index in [0.717, 1.165) is 16.7 Å². The van der Waals surface area contributed by atoms with Gasteiger partial charge in [-0.3, -0.25) is 14.2 Å². The standard InChI is InChI=1S/C19H23N3O4/c1-11-6-5-7-13(12(11)2)10-20-16(24)14-15(23)17(25)22-8-9-26-19(3,4)18(22)21-14/h5-7,23H,8-10H2,1-4H3,(H,20,24). The highest BCUT2D eigenvalue weighted by Gasteiger charge is 2.34. The Labute approximate surface area is 151 Å². The zero-order valence-electron chi connectivity index (χ0n) is 15.4. The number of nitrogens with zero attached hydrogens (tertiary/aromatic N) is 2. The van der Waals surface area contributed by atoms with E-state index in [9.17, 15) is 14.7 Å². The number of aromatic nitrogens is 2. The molecule has 0 saturated carbocycles. The number of carbonyl (C=O) groups is 1. The van der Waals surface area contributed by atoms with Crippen LogP contribution >= 0.6 is 0 Å². The number of hydrogen-bond acceptors (Lipinski definition) is 5. The normalized spacial score (nSPS) is 15.4. The Morgan fingerprint density at radius 3 is 2.85 bits per heavy atom. The van der Waals surface area contributed by atoms with Crippen molar-refractivity contribution >= 4 is 5.91 Å². The number of aromatic hydroxyl groups is 1. The van der Waals surface area contributed by atoms with E-state index in [2.05, 4.69) is 10.3 Å². The molecule has 7 heteroatoms. The molecule has 0 atom stereocenters. The van der Waals surface area contributed by atoms with E-state index >= 15 is 0 Å². The number of hydrogen-bond donors (Lipinski definition) is 2. The molecule has 0 aliphatic carbocycles. The minimum atomic E-state index is -0.812. The summed E-state index contributed by atoms with van der Waals surface area (Å²) < 4.78 is 7.01. The van der Waals surface area contributed by atoms with Crippen LogP contribution < -0.4 is 10.9 Å². The van der Waals surface area contributed by atoms with Gasteiger partial charge in [0.1, 0.15) is 11.4 Å². The summed E-state index contributed by atoms with van der Waals surface area (Å²) in [5, 5.41) is 12.9. The molecule has 0 radical (unpaired) electrons. The van der Waals surface area contributed by atoms with Gasteiger partial charge in [-0.2, -0.15) is 0 Å². The average molecular weight is 357 g/mol. The van der Waals surface area contributed by atoms with Crippen LogP contribution in [0.5, 0.6) is 5.75 Å². The molecule has 138 valence electrons. The van der Waals surface area contributed by atoms with Crippen LogP contribution in [0.1, 0.15) is 46.9 Å². The molecule has 1 aromatic carbocycles. The molecule has 1 amide bonds. The summed E-state index contributed by atoms with van der Waals surface area (Å²) in [6.07, 6.45) is 0. The van der Waals surface area contributed by atoms with Crippen LogP contribution in [0.4, 0.5) is 0 Å². The largest absolute Gasteiger partial charge is 0.501 e. The van der Waals surface area contributed by atoms with Crippen LogP contribution in [0.2, 0.25) is 0 Å². The first-order valence-corrected chi connectivity index (χ1v) is 8.54. The highest BCUT2D eigenvalue weighted by Crippen LogP contribution is 2.27. The van der Waals surface area contributed by atoms with Crippen molar-refractivity contribution in [3.05, 3.63) is 56.8 Å². The second-order valence-electron chi connectivity index (χ2n) is 6.99. The van der Waals surface area contributed by atoms with Gasteiger partial charge in [0.15, 0.2) is 5.69 Å². The van der Waals surface area contributed by atoms with Crippen molar-refractivity contribution in [2.24, 2.45) is 0 Å². The van der Waals surface area contributed by atoms with Crippen molar-refractivity contribution in [2.45, 2.75) is 46.4 Å². The molecule has 0 unspecified atom stereocenters. The van der Waals surface area contributed by atoms with Gasteiger partial charge >= 0.3 is 0 Å². The first kappa shape index (κ1) is 18.1. The van der Waals surface area contributed by atoms with Crippen molar-refractivity contribution in [2.75, 3.05) is 6.61 Å². The molecule has 2 N–H and O–H groups in total. The SMILES string of the molecule is Cc1cccc(CNC(=O)c2nc3n(c(=O)c2O)CCOC3(C)C)c1C. The highest BCUT2D eigenvalue weighted by atomic mass is 16.5. The van der Waals surface area contributed by atoms with E-state index in [1.165, 1.54) is 4.57 Å². The molecule has 26 heavy (non-hydrogen) atoms. The monoisotopic (exact) mass is 357 g/mol. The van der Waals surface area contributed by atoms with Crippen molar-refractivity contribution in [3.8, 4) is 5.75 Å². The van der Waals surface area contributed by atoms with E-state index in [0.29, 0.717) is 19.0 Å². The quantitative estimate of drug-likeness (QED) is 0.873. The van der Waals surface area contributed by atoms with E-state index in [4.69, 9.17) is 4.74 Å². The Bertz CT molecular complexity index is 931. The van der Waals surface area contributed by atoms with Gasteiger partial charge in [-0.25, -0.2) is 4.98 Å². The maximum Gasteiger partial charge on any atom is 0.296 e. The Morgan fingerprint density at radius 1 is 1.38 bits per heavy atom. The van der Waals surface area contributed by atoms with Gasteiger partial charge in [0, 0.05) is 6.54 Å². The third kappa shape index (κ3) is 3.10. The van der Waals surface area contributed by atoms with E-state index < -0.39 is 22.8 Å². The topological polar surface area (TPSA) is 93.5 Å². The minimum Gasteiger partial charge on any atom is -0.501 e. The molecule has 2 aromatic rings. The number of ether oxygens (including phenoxy) is 1. The predicted molar refractivity (Wildman–Crippen MR) is 96.2 cm³/mol. The molecule has 1 aliphatic heterocycles. The van der Waals surface area contributed by atoms with E-state index in [1.54, 1.807) is 13.8 Å².